The van der Waals surface area contributed by atoms with Gasteiger partial charge in [0.15, 0.2) is 0 Å². The van der Waals surface area contributed by atoms with Gasteiger partial charge < -0.3 is 16.0 Å². The first kappa shape index (κ1) is 13.0. The maximum Gasteiger partial charge on any atom is 0.223 e. The fourth-order valence-corrected chi connectivity index (χ4v) is 1.94. The quantitative estimate of drug-likeness (QED) is 0.574. The summed E-state index contributed by atoms with van der Waals surface area (Å²) in [5.74, 6) is 0.164. The molecule has 5 nitrogen and oxygen atoms in total. The number of nitrogens with one attached hydrogen (secondary N) is 3. The van der Waals surface area contributed by atoms with Crippen LogP contribution < -0.4 is 16.0 Å². The maximum absolute atomic E-state index is 11.7. The minimum atomic E-state index is -0.0651. The second-order valence-corrected chi connectivity index (χ2v) is 4.35. The lowest BCUT2D eigenvalue weighted by molar-refractivity contribution is -0.126. The van der Waals surface area contributed by atoms with Gasteiger partial charge in [-0.2, -0.15) is 0 Å². The number of amides is 2. The predicted octanol–water partition coefficient (Wildman–Crippen LogP) is -0.373. The smallest absolute Gasteiger partial charge is 0.223 e. The van der Waals surface area contributed by atoms with Crippen LogP contribution in [0.3, 0.4) is 0 Å². The molecule has 1 rings (SSSR count). The number of hydrogen-bond acceptors (Lipinski definition) is 3. The molecule has 1 heterocycles. The van der Waals surface area contributed by atoms with Crippen molar-refractivity contribution in [2.75, 3.05) is 19.6 Å². The van der Waals surface area contributed by atoms with E-state index in [1.54, 1.807) is 0 Å². The monoisotopic (exact) mass is 227 g/mol. The summed E-state index contributed by atoms with van der Waals surface area (Å²) in [6.07, 6.45) is 1.79. The van der Waals surface area contributed by atoms with E-state index in [-0.39, 0.29) is 17.7 Å². The highest BCUT2D eigenvalue weighted by Crippen LogP contribution is 2.15. The van der Waals surface area contributed by atoms with E-state index < -0.39 is 0 Å². The summed E-state index contributed by atoms with van der Waals surface area (Å²) in [6, 6.07) is 0.417. The van der Waals surface area contributed by atoms with Gasteiger partial charge in [-0.1, -0.05) is 0 Å². The van der Waals surface area contributed by atoms with Gasteiger partial charge in [-0.05, 0) is 26.3 Å². The first-order valence-electron chi connectivity index (χ1n) is 5.85. The Bertz CT molecular complexity index is 256. The van der Waals surface area contributed by atoms with Crippen molar-refractivity contribution < 1.29 is 9.59 Å². The second-order valence-electron chi connectivity index (χ2n) is 4.35. The van der Waals surface area contributed by atoms with Crippen molar-refractivity contribution in [1.82, 2.24) is 16.0 Å². The highest BCUT2D eigenvalue weighted by molar-refractivity contribution is 5.79. The van der Waals surface area contributed by atoms with Gasteiger partial charge in [-0.15, -0.1) is 0 Å². The molecule has 1 aliphatic heterocycles. The lowest BCUT2D eigenvalue weighted by Gasteiger charge is -2.27. The lowest BCUT2D eigenvalue weighted by atomic mass is 9.92. The molecule has 0 bridgehead atoms. The summed E-state index contributed by atoms with van der Waals surface area (Å²) in [7, 11) is 0. The highest BCUT2D eigenvalue weighted by atomic mass is 16.2. The van der Waals surface area contributed by atoms with Crippen LogP contribution in [0.15, 0.2) is 0 Å². The van der Waals surface area contributed by atoms with Crippen molar-refractivity contribution in [3.8, 4) is 0 Å². The molecule has 0 aliphatic carbocycles. The molecule has 1 saturated heterocycles. The third-order valence-corrected chi connectivity index (χ3v) is 2.79. The van der Waals surface area contributed by atoms with Gasteiger partial charge in [0.05, 0.1) is 0 Å². The van der Waals surface area contributed by atoms with Crippen LogP contribution in [-0.2, 0) is 9.59 Å². The fourth-order valence-electron chi connectivity index (χ4n) is 1.94. The van der Waals surface area contributed by atoms with Crippen molar-refractivity contribution in [3.05, 3.63) is 0 Å². The predicted molar refractivity (Wildman–Crippen MR) is 61.9 cm³/mol. The molecule has 0 aromatic carbocycles. The first-order chi connectivity index (χ1) is 7.59. The number of carbonyl (C=O) groups excluding carboxylic acids is 2. The molecule has 5 heteroatoms. The topological polar surface area (TPSA) is 70.2 Å². The maximum atomic E-state index is 11.7. The Morgan fingerprint density at radius 2 is 2.00 bits per heavy atom. The Morgan fingerprint density at radius 1 is 1.31 bits per heavy atom. The molecule has 0 aromatic rings. The number of piperidine rings is 1. The van der Waals surface area contributed by atoms with Crippen molar-refractivity contribution in [2.24, 2.45) is 5.92 Å². The summed E-state index contributed by atoms with van der Waals surface area (Å²) in [4.78, 5) is 22.3. The van der Waals surface area contributed by atoms with Gasteiger partial charge in [0, 0.05) is 32.0 Å². The van der Waals surface area contributed by atoms with Crippen LogP contribution in [0.2, 0.25) is 0 Å². The average Bonchev–Trinajstić information content (AvgIpc) is 2.24. The Balaban J connectivity index is 2.16. The normalized spacial score (nSPS) is 24.9. The zero-order chi connectivity index (χ0) is 12.0. The van der Waals surface area contributed by atoms with Crippen molar-refractivity contribution >= 4 is 11.8 Å². The number of carbonyl (C=O) groups is 2. The Labute approximate surface area is 96.4 Å². The molecule has 1 fully saturated rings. The van der Waals surface area contributed by atoms with E-state index in [0.717, 1.165) is 19.4 Å². The molecule has 2 amide bonds. The molecule has 16 heavy (non-hydrogen) atoms. The van der Waals surface area contributed by atoms with E-state index >= 15 is 0 Å². The van der Waals surface area contributed by atoms with E-state index in [1.807, 2.05) is 0 Å². The number of rotatable bonds is 4. The van der Waals surface area contributed by atoms with Gasteiger partial charge in [0.2, 0.25) is 11.8 Å². The van der Waals surface area contributed by atoms with Crippen LogP contribution in [-0.4, -0.2) is 37.5 Å². The van der Waals surface area contributed by atoms with E-state index in [9.17, 15) is 9.59 Å². The SMILES string of the molecule is CC(=O)NCCNC(=O)C1CCNC(C)C1. The molecule has 2 atom stereocenters. The van der Waals surface area contributed by atoms with E-state index in [1.165, 1.54) is 6.92 Å². The molecule has 92 valence electrons. The van der Waals surface area contributed by atoms with Crippen LogP contribution in [0.25, 0.3) is 0 Å². The van der Waals surface area contributed by atoms with Crippen LogP contribution in [0.5, 0.6) is 0 Å². The molecule has 2 unspecified atom stereocenters. The lowest BCUT2D eigenvalue weighted by Crippen LogP contribution is -2.43. The molecule has 0 saturated carbocycles. The highest BCUT2D eigenvalue weighted by Gasteiger charge is 2.23. The summed E-state index contributed by atoms with van der Waals surface area (Å²) in [5.41, 5.74) is 0. The molecule has 3 N–H and O–H groups in total. The summed E-state index contributed by atoms with van der Waals surface area (Å²) >= 11 is 0. The third-order valence-electron chi connectivity index (χ3n) is 2.79. The van der Waals surface area contributed by atoms with Crippen LogP contribution >= 0.6 is 0 Å². The van der Waals surface area contributed by atoms with E-state index in [2.05, 4.69) is 22.9 Å². The summed E-state index contributed by atoms with van der Waals surface area (Å²) < 4.78 is 0. The van der Waals surface area contributed by atoms with Crippen LogP contribution in [0, 0.1) is 5.92 Å². The molecular weight excluding hydrogens is 206 g/mol. The largest absolute Gasteiger partial charge is 0.355 e. The minimum Gasteiger partial charge on any atom is -0.355 e. The summed E-state index contributed by atoms with van der Waals surface area (Å²) in [6.45, 7) is 5.48. The molecule has 0 radical (unpaired) electrons. The zero-order valence-electron chi connectivity index (χ0n) is 10.0. The standard InChI is InChI=1S/C11H21N3O2/c1-8-7-10(3-4-12-8)11(16)14-6-5-13-9(2)15/h8,10,12H,3-7H2,1-2H3,(H,13,15)(H,14,16). The number of hydrogen-bond donors (Lipinski definition) is 3. The van der Waals surface area contributed by atoms with Crippen LogP contribution in [0.4, 0.5) is 0 Å². The molecular formula is C11H21N3O2. The van der Waals surface area contributed by atoms with Crippen LogP contribution in [0.1, 0.15) is 26.7 Å². The van der Waals surface area contributed by atoms with Gasteiger partial charge in [-0.3, -0.25) is 9.59 Å². The van der Waals surface area contributed by atoms with E-state index in [0.29, 0.717) is 19.1 Å². The van der Waals surface area contributed by atoms with Gasteiger partial charge in [0.1, 0.15) is 0 Å². The Kier molecular flexibility index (Phi) is 5.25. The van der Waals surface area contributed by atoms with E-state index in [4.69, 9.17) is 0 Å². The van der Waals surface area contributed by atoms with Crippen molar-refractivity contribution in [3.63, 3.8) is 0 Å². The summed E-state index contributed by atoms with van der Waals surface area (Å²) in [5, 5.41) is 8.81. The minimum absolute atomic E-state index is 0.0651. The van der Waals surface area contributed by atoms with Gasteiger partial charge >= 0.3 is 0 Å². The van der Waals surface area contributed by atoms with Crippen molar-refractivity contribution in [2.45, 2.75) is 32.7 Å². The first-order valence-corrected chi connectivity index (χ1v) is 5.85. The Hall–Kier alpha value is -1.10. The molecule has 0 spiro atoms. The third kappa shape index (κ3) is 4.61. The average molecular weight is 227 g/mol. The Morgan fingerprint density at radius 3 is 2.62 bits per heavy atom. The fraction of sp³-hybridized carbons (Fsp3) is 0.818. The molecule has 1 aliphatic rings. The van der Waals surface area contributed by atoms with Gasteiger partial charge in [-0.25, -0.2) is 0 Å². The zero-order valence-corrected chi connectivity index (χ0v) is 10.0. The molecule has 0 aromatic heterocycles. The second kappa shape index (κ2) is 6.48. The van der Waals surface area contributed by atoms with Gasteiger partial charge in [0.25, 0.3) is 0 Å². The van der Waals surface area contributed by atoms with Crippen molar-refractivity contribution in [1.29, 1.82) is 0 Å².